The van der Waals surface area contributed by atoms with Crippen LogP contribution < -0.4 is 10.2 Å². The summed E-state index contributed by atoms with van der Waals surface area (Å²) < 4.78 is 0. The van der Waals surface area contributed by atoms with Gasteiger partial charge in [0.05, 0.1) is 12.1 Å². The van der Waals surface area contributed by atoms with Crippen molar-refractivity contribution in [2.75, 3.05) is 44.2 Å². The van der Waals surface area contributed by atoms with E-state index in [1.54, 1.807) is 18.6 Å². The fourth-order valence-electron chi connectivity index (χ4n) is 3.83. The zero-order chi connectivity index (χ0) is 16.8. The van der Waals surface area contributed by atoms with Crippen LogP contribution in [-0.4, -0.2) is 60.0 Å². The molecule has 0 spiro atoms. The van der Waals surface area contributed by atoms with E-state index in [1.807, 2.05) is 0 Å². The van der Waals surface area contributed by atoms with Gasteiger partial charge in [0.2, 0.25) is 5.91 Å². The molecule has 2 fully saturated rings. The van der Waals surface area contributed by atoms with Gasteiger partial charge in [-0.1, -0.05) is 6.92 Å². The van der Waals surface area contributed by atoms with Gasteiger partial charge < -0.3 is 15.1 Å². The van der Waals surface area contributed by atoms with E-state index in [-0.39, 0.29) is 11.8 Å². The Morgan fingerprint density at radius 2 is 2.12 bits per heavy atom. The number of amides is 1. The molecule has 0 aliphatic carbocycles. The maximum absolute atomic E-state index is 12.5. The number of nitrogens with one attached hydrogen (secondary N) is 1. The Labute approximate surface area is 144 Å². The van der Waals surface area contributed by atoms with E-state index in [4.69, 9.17) is 0 Å². The fourth-order valence-corrected chi connectivity index (χ4v) is 3.83. The predicted molar refractivity (Wildman–Crippen MR) is 94.8 cm³/mol. The summed E-state index contributed by atoms with van der Waals surface area (Å²) in [6.07, 6.45) is 9.77. The van der Waals surface area contributed by atoms with E-state index in [9.17, 15) is 4.79 Å². The first-order valence-corrected chi connectivity index (χ1v) is 9.23. The number of carbonyl (C=O) groups is 1. The largest absolute Gasteiger partial charge is 0.355 e. The van der Waals surface area contributed by atoms with Crippen LogP contribution in [-0.2, 0) is 4.79 Å². The highest BCUT2D eigenvalue weighted by Crippen LogP contribution is 2.21. The molecule has 1 aromatic heterocycles. The van der Waals surface area contributed by atoms with Crippen LogP contribution in [0.1, 0.15) is 32.6 Å². The molecule has 3 heterocycles. The third-order valence-electron chi connectivity index (χ3n) is 5.13. The molecule has 1 aromatic rings. The van der Waals surface area contributed by atoms with Crippen molar-refractivity contribution < 1.29 is 4.79 Å². The highest BCUT2D eigenvalue weighted by atomic mass is 16.1. The molecule has 0 bridgehead atoms. The highest BCUT2D eigenvalue weighted by Gasteiger charge is 2.26. The third kappa shape index (κ3) is 4.66. The highest BCUT2D eigenvalue weighted by molar-refractivity contribution is 5.79. The van der Waals surface area contributed by atoms with E-state index >= 15 is 0 Å². The van der Waals surface area contributed by atoms with Crippen molar-refractivity contribution in [3.8, 4) is 0 Å². The Morgan fingerprint density at radius 3 is 2.92 bits per heavy atom. The Kier molecular flexibility index (Phi) is 6.01. The fraction of sp³-hybridized carbons (Fsp3) is 0.722. The molecule has 24 heavy (non-hydrogen) atoms. The first kappa shape index (κ1) is 17.1. The van der Waals surface area contributed by atoms with Crippen LogP contribution in [0.4, 0.5) is 5.82 Å². The van der Waals surface area contributed by atoms with Gasteiger partial charge in [-0.25, -0.2) is 4.98 Å². The number of piperidine rings is 2. The summed E-state index contributed by atoms with van der Waals surface area (Å²) in [5, 5.41) is 3.14. The van der Waals surface area contributed by atoms with Crippen LogP contribution in [0.5, 0.6) is 0 Å². The molecule has 2 aliphatic rings. The normalized spacial score (nSPS) is 25.5. The van der Waals surface area contributed by atoms with Gasteiger partial charge in [0.25, 0.3) is 0 Å². The zero-order valence-electron chi connectivity index (χ0n) is 14.7. The van der Waals surface area contributed by atoms with Gasteiger partial charge in [-0.3, -0.25) is 9.78 Å². The van der Waals surface area contributed by atoms with Gasteiger partial charge in [0.15, 0.2) is 0 Å². The second-order valence-corrected chi connectivity index (χ2v) is 7.19. The zero-order valence-corrected chi connectivity index (χ0v) is 14.7. The van der Waals surface area contributed by atoms with Crippen molar-refractivity contribution in [2.24, 2.45) is 11.8 Å². The van der Waals surface area contributed by atoms with Crippen molar-refractivity contribution in [2.45, 2.75) is 32.6 Å². The van der Waals surface area contributed by atoms with E-state index in [0.717, 1.165) is 50.8 Å². The Balaban J connectivity index is 1.43. The molecular formula is C18H29N5O. The van der Waals surface area contributed by atoms with Crippen LogP contribution in [0.25, 0.3) is 0 Å². The molecule has 0 radical (unpaired) electrons. The second-order valence-electron chi connectivity index (χ2n) is 7.19. The van der Waals surface area contributed by atoms with Gasteiger partial charge in [-0.05, 0) is 38.1 Å². The van der Waals surface area contributed by atoms with Crippen molar-refractivity contribution in [3.63, 3.8) is 0 Å². The standard InChI is InChI=1S/C18H29N5O/c1-15-4-2-9-22(13-15)11-8-21-18(24)16-5-3-10-23(14-16)17-12-19-6-7-20-17/h6-7,12,15-16H,2-5,8-11,13-14H2,1H3,(H,21,24). The monoisotopic (exact) mass is 331 g/mol. The maximum atomic E-state index is 12.5. The lowest BCUT2D eigenvalue weighted by molar-refractivity contribution is -0.125. The first-order valence-electron chi connectivity index (χ1n) is 9.23. The van der Waals surface area contributed by atoms with Gasteiger partial charge >= 0.3 is 0 Å². The number of anilines is 1. The number of rotatable bonds is 5. The number of hydrogen-bond donors (Lipinski definition) is 1. The molecule has 0 saturated carbocycles. The summed E-state index contributed by atoms with van der Waals surface area (Å²) in [4.78, 5) is 25.6. The SMILES string of the molecule is CC1CCCN(CCNC(=O)C2CCCN(c3cnccn3)C2)C1. The lowest BCUT2D eigenvalue weighted by Gasteiger charge is -2.33. The van der Waals surface area contributed by atoms with Crippen molar-refractivity contribution >= 4 is 11.7 Å². The molecule has 2 atom stereocenters. The van der Waals surface area contributed by atoms with Crippen molar-refractivity contribution in [1.29, 1.82) is 0 Å². The van der Waals surface area contributed by atoms with Crippen molar-refractivity contribution in [1.82, 2.24) is 20.2 Å². The summed E-state index contributed by atoms with van der Waals surface area (Å²) in [6.45, 7) is 8.07. The Bertz CT molecular complexity index is 523. The summed E-state index contributed by atoms with van der Waals surface area (Å²) >= 11 is 0. The molecule has 2 aliphatic heterocycles. The minimum atomic E-state index is 0.0565. The molecule has 0 aromatic carbocycles. The molecule has 1 amide bonds. The Hall–Kier alpha value is -1.69. The van der Waals surface area contributed by atoms with Crippen LogP contribution >= 0.6 is 0 Å². The lowest BCUT2D eigenvalue weighted by atomic mass is 9.97. The van der Waals surface area contributed by atoms with E-state index in [1.165, 1.54) is 25.9 Å². The first-order chi connectivity index (χ1) is 11.7. The topological polar surface area (TPSA) is 61.4 Å². The van der Waals surface area contributed by atoms with Crippen LogP contribution in [0.3, 0.4) is 0 Å². The minimum absolute atomic E-state index is 0.0565. The molecule has 3 rings (SSSR count). The summed E-state index contributed by atoms with van der Waals surface area (Å²) in [6, 6.07) is 0. The van der Waals surface area contributed by atoms with Crippen LogP contribution in [0, 0.1) is 11.8 Å². The van der Waals surface area contributed by atoms with E-state index < -0.39 is 0 Å². The van der Waals surface area contributed by atoms with Gasteiger partial charge in [0.1, 0.15) is 5.82 Å². The number of carbonyl (C=O) groups excluding carboxylic acids is 1. The van der Waals surface area contributed by atoms with Crippen LogP contribution in [0.15, 0.2) is 18.6 Å². The maximum Gasteiger partial charge on any atom is 0.224 e. The summed E-state index contributed by atoms with van der Waals surface area (Å²) in [7, 11) is 0. The van der Waals surface area contributed by atoms with E-state index in [0.29, 0.717) is 0 Å². The molecule has 1 N–H and O–H groups in total. The minimum Gasteiger partial charge on any atom is -0.355 e. The van der Waals surface area contributed by atoms with Crippen LogP contribution in [0.2, 0.25) is 0 Å². The summed E-state index contributed by atoms with van der Waals surface area (Å²) in [5.41, 5.74) is 0. The van der Waals surface area contributed by atoms with Gasteiger partial charge in [0, 0.05) is 45.1 Å². The molecule has 6 heteroatoms. The second kappa shape index (κ2) is 8.42. The molecular weight excluding hydrogens is 302 g/mol. The number of nitrogens with zero attached hydrogens (tertiary/aromatic N) is 4. The average Bonchev–Trinajstić information content (AvgIpc) is 2.62. The van der Waals surface area contributed by atoms with Gasteiger partial charge in [-0.15, -0.1) is 0 Å². The summed E-state index contributed by atoms with van der Waals surface area (Å²) in [5.74, 6) is 1.90. The average molecular weight is 331 g/mol. The number of hydrogen-bond acceptors (Lipinski definition) is 5. The predicted octanol–water partition coefficient (Wildman–Crippen LogP) is 1.54. The molecule has 2 saturated heterocycles. The lowest BCUT2D eigenvalue weighted by Crippen LogP contribution is -2.45. The molecule has 132 valence electrons. The van der Waals surface area contributed by atoms with Gasteiger partial charge in [-0.2, -0.15) is 0 Å². The number of likely N-dealkylation sites (tertiary alicyclic amines) is 1. The third-order valence-corrected chi connectivity index (χ3v) is 5.13. The van der Waals surface area contributed by atoms with Crippen molar-refractivity contribution in [3.05, 3.63) is 18.6 Å². The van der Waals surface area contributed by atoms with E-state index in [2.05, 4.69) is 32.0 Å². The number of aromatic nitrogens is 2. The Morgan fingerprint density at radius 1 is 1.25 bits per heavy atom. The smallest absolute Gasteiger partial charge is 0.224 e. The molecule has 2 unspecified atom stereocenters. The quantitative estimate of drug-likeness (QED) is 0.887. The molecule has 6 nitrogen and oxygen atoms in total.